The van der Waals surface area contributed by atoms with E-state index in [4.69, 9.17) is 4.74 Å². The van der Waals surface area contributed by atoms with Crippen LogP contribution in [0, 0.1) is 0 Å². The molecule has 2 aromatic heterocycles. The van der Waals surface area contributed by atoms with Crippen LogP contribution in [0.2, 0.25) is 0 Å². The fourth-order valence-electron chi connectivity index (χ4n) is 4.12. The van der Waals surface area contributed by atoms with Crippen LogP contribution in [0.3, 0.4) is 0 Å². The second-order valence-electron chi connectivity index (χ2n) is 7.50. The van der Waals surface area contributed by atoms with Crippen LogP contribution < -0.4 is 0 Å². The molecule has 0 spiro atoms. The van der Waals surface area contributed by atoms with Gasteiger partial charge in [-0.25, -0.2) is 9.48 Å². The summed E-state index contributed by atoms with van der Waals surface area (Å²) >= 11 is 0. The number of esters is 1. The smallest absolute Gasteiger partial charge is 0.341 e. The van der Waals surface area contributed by atoms with Crippen molar-refractivity contribution in [3.05, 3.63) is 90.0 Å². The molecule has 1 N–H and O–H groups in total. The molecule has 0 saturated heterocycles. The lowest BCUT2D eigenvalue weighted by molar-refractivity contribution is -0.136. The van der Waals surface area contributed by atoms with Crippen LogP contribution in [-0.4, -0.2) is 44.7 Å². The SMILES string of the molecule is CCOC(=O)C1=CN(C(=O)c2ccnn2-c2ccccc2)CCc2c1[nH]c1ccccc21. The molecule has 160 valence electrons. The summed E-state index contributed by atoms with van der Waals surface area (Å²) in [5.74, 6) is -0.695. The van der Waals surface area contributed by atoms with E-state index in [1.807, 2.05) is 54.6 Å². The van der Waals surface area contributed by atoms with E-state index < -0.39 is 5.97 Å². The quantitative estimate of drug-likeness (QED) is 0.501. The maximum Gasteiger partial charge on any atom is 0.341 e. The molecule has 1 amide bonds. The monoisotopic (exact) mass is 426 g/mol. The summed E-state index contributed by atoms with van der Waals surface area (Å²) in [5.41, 5.74) is 4.22. The van der Waals surface area contributed by atoms with Gasteiger partial charge >= 0.3 is 5.97 Å². The highest BCUT2D eigenvalue weighted by Crippen LogP contribution is 2.31. The third-order valence-electron chi connectivity index (χ3n) is 5.59. The largest absolute Gasteiger partial charge is 0.462 e. The van der Waals surface area contributed by atoms with Gasteiger partial charge in [-0.05, 0) is 43.2 Å². The van der Waals surface area contributed by atoms with Crippen molar-refractivity contribution in [1.29, 1.82) is 0 Å². The van der Waals surface area contributed by atoms with Gasteiger partial charge in [-0.2, -0.15) is 5.10 Å². The lowest BCUT2D eigenvalue weighted by atomic mass is 10.0. The molecular formula is C25H22N4O3. The molecule has 7 nitrogen and oxygen atoms in total. The highest BCUT2D eigenvalue weighted by atomic mass is 16.5. The number of nitrogens with zero attached hydrogens (tertiary/aromatic N) is 3. The van der Waals surface area contributed by atoms with E-state index in [9.17, 15) is 9.59 Å². The minimum atomic E-state index is -0.462. The van der Waals surface area contributed by atoms with Crippen LogP contribution in [0.4, 0.5) is 0 Å². The molecule has 0 aliphatic carbocycles. The fraction of sp³-hybridized carbons (Fsp3) is 0.160. The molecule has 0 bridgehead atoms. The van der Waals surface area contributed by atoms with E-state index in [2.05, 4.69) is 10.1 Å². The number of carbonyl (C=O) groups is 2. The van der Waals surface area contributed by atoms with Gasteiger partial charge in [0.1, 0.15) is 5.69 Å². The van der Waals surface area contributed by atoms with E-state index in [-0.39, 0.29) is 12.5 Å². The van der Waals surface area contributed by atoms with Crippen molar-refractivity contribution in [3.8, 4) is 5.69 Å². The Morgan fingerprint density at radius 1 is 1.06 bits per heavy atom. The lowest BCUT2D eigenvalue weighted by Crippen LogP contribution is -2.29. The molecule has 32 heavy (non-hydrogen) atoms. The molecule has 0 radical (unpaired) electrons. The molecule has 7 heteroatoms. The van der Waals surface area contributed by atoms with Crippen molar-refractivity contribution in [2.75, 3.05) is 13.2 Å². The average Bonchev–Trinajstić information content (AvgIpc) is 3.40. The van der Waals surface area contributed by atoms with E-state index in [0.29, 0.717) is 29.9 Å². The molecule has 5 rings (SSSR count). The van der Waals surface area contributed by atoms with Crippen molar-refractivity contribution >= 4 is 28.4 Å². The van der Waals surface area contributed by atoms with Crippen LogP contribution in [0.15, 0.2) is 73.1 Å². The maximum absolute atomic E-state index is 13.5. The summed E-state index contributed by atoms with van der Waals surface area (Å²) in [4.78, 5) is 31.3. The Bertz CT molecular complexity index is 1330. The van der Waals surface area contributed by atoms with E-state index in [1.54, 1.807) is 35.0 Å². The predicted octanol–water partition coefficient (Wildman–Crippen LogP) is 3.96. The zero-order valence-corrected chi connectivity index (χ0v) is 17.6. The number of hydrogen-bond donors (Lipinski definition) is 1. The van der Waals surface area contributed by atoms with Crippen LogP contribution in [0.1, 0.15) is 28.7 Å². The van der Waals surface area contributed by atoms with Gasteiger partial charge in [0.2, 0.25) is 0 Å². The number of rotatable bonds is 4. The summed E-state index contributed by atoms with van der Waals surface area (Å²) < 4.78 is 6.93. The van der Waals surface area contributed by atoms with Crippen LogP contribution in [0.25, 0.3) is 22.2 Å². The number of para-hydroxylation sites is 2. The summed E-state index contributed by atoms with van der Waals surface area (Å²) in [7, 11) is 0. The second kappa shape index (κ2) is 8.19. The highest BCUT2D eigenvalue weighted by molar-refractivity contribution is 6.18. The zero-order valence-electron chi connectivity index (χ0n) is 17.6. The molecule has 2 aromatic carbocycles. The Morgan fingerprint density at radius 2 is 1.84 bits per heavy atom. The van der Waals surface area contributed by atoms with Crippen molar-refractivity contribution in [2.24, 2.45) is 0 Å². The lowest BCUT2D eigenvalue weighted by Gasteiger charge is -2.18. The number of ether oxygens (including phenoxy) is 1. The van der Waals surface area contributed by atoms with Crippen LogP contribution >= 0.6 is 0 Å². The molecule has 4 aromatic rings. The Hall–Kier alpha value is -4.13. The van der Waals surface area contributed by atoms with Crippen molar-refractivity contribution < 1.29 is 14.3 Å². The minimum absolute atomic E-state index is 0.234. The standard InChI is InChI=1S/C25H22N4O3/c1-2-32-25(31)20-16-28(15-13-19-18-10-6-7-11-21(18)27-23(19)20)24(30)22-12-14-26-29(22)17-8-4-3-5-9-17/h3-12,14,16,27H,2,13,15H2,1H3. The topological polar surface area (TPSA) is 80.2 Å². The Balaban J connectivity index is 1.57. The molecule has 0 atom stereocenters. The van der Waals surface area contributed by atoms with E-state index in [0.717, 1.165) is 22.2 Å². The minimum Gasteiger partial charge on any atom is -0.462 e. The van der Waals surface area contributed by atoms with Gasteiger partial charge in [0.05, 0.1) is 29.8 Å². The van der Waals surface area contributed by atoms with Gasteiger partial charge in [-0.3, -0.25) is 4.79 Å². The third kappa shape index (κ3) is 3.37. The van der Waals surface area contributed by atoms with Crippen molar-refractivity contribution in [1.82, 2.24) is 19.7 Å². The Kier molecular flexibility index (Phi) is 5.07. The zero-order chi connectivity index (χ0) is 22.1. The van der Waals surface area contributed by atoms with Gasteiger partial charge in [-0.1, -0.05) is 36.4 Å². The summed E-state index contributed by atoms with van der Waals surface area (Å²) in [5, 5.41) is 5.37. The number of benzene rings is 2. The fourth-order valence-corrected chi connectivity index (χ4v) is 4.12. The van der Waals surface area contributed by atoms with Crippen LogP contribution in [0.5, 0.6) is 0 Å². The van der Waals surface area contributed by atoms with Gasteiger partial charge < -0.3 is 14.6 Å². The van der Waals surface area contributed by atoms with Crippen molar-refractivity contribution in [2.45, 2.75) is 13.3 Å². The first-order chi connectivity index (χ1) is 15.7. The summed E-state index contributed by atoms with van der Waals surface area (Å²) in [6.07, 6.45) is 3.80. The normalized spacial score (nSPS) is 13.4. The van der Waals surface area contributed by atoms with Gasteiger partial charge in [0.15, 0.2) is 0 Å². The highest BCUT2D eigenvalue weighted by Gasteiger charge is 2.28. The van der Waals surface area contributed by atoms with Gasteiger partial charge in [0.25, 0.3) is 5.91 Å². The van der Waals surface area contributed by atoms with Crippen molar-refractivity contribution in [3.63, 3.8) is 0 Å². The predicted molar refractivity (Wildman–Crippen MR) is 121 cm³/mol. The van der Waals surface area contributed by atoms with Gasteiger partial charge in [0, 0.05) is 23.6 Å². The average molecular weight is 426 g/mol. The molecule has 0 saturated carbocycles. The molecule has 3 heterocycles. The number of carbonyl (C=O) groups excluding carboxylic acids is 2. The number of nitrogens with one attached hydrogen (secondary N) is 1. The first-order valence-electron chi connectivity index (χ1n) is 10.6. The second-order valence-corrected chi connectivity index (χ2v) is 7.50. The first kappa shape index (κ1) is 19.8. The Labute approximate surface area is 184 Å². The number of amides is 1. The third-order valence-corrected chi connectivity index (χ3v) is 5.59. The van der Waals surface area contributed by atoms with Gasteiger partial charge in [-0.15, -0.1) is 0 Å². The number of fused-ring (bicyclic) bond motifs is 3. The summed E-state index contributed by atoms with van der Waals surface area (Å²) in [6.45, 7) is 2.44. The molecule has 0 unspecified atom stereocenters. The number of hydrogen-bond acceptors (Lipinski definition) is 4. The van der Waals surface area contributed by atoms with E-state index >= 15 is 0 Å². The summed E-state index contributed by atoms with van der Waals surface area (Å²) in [6, 6.07) is 19.1. The number of H-pyrrole nitrogens is 1. The maximum atomic E-state index is 13.5. The molecule has 1 aliphatic rings. The molecule has 0 fully saturated rings. The van der Waals surface area contributed by atoms with Crippen LogP contribution in [-0.2, 0) is 16.0 Å². The number of aromatic amines is 1. The number of aromatic nitrogens is 3. The Morgan fingerprint density at radius 3 is 2.66 bits per heavy atom. The molecule has 1 aliphatic heterocycles. The molecular weight excluding hydrogens is 404 g/mol. The van der Waals surface area contributed by atoms with E-state index in [1.165, 1.54) is 0 Å². The first-order valence-corrected chi connectivity index (χ1v) is 10.6.